The van der Waals surface area contributed by atoms with Crippen LogP contribution in [-0.4, -0.2) is 56.9 Å². The maximum Gasteiger partial charge on any atom is 0.226 e. The van der Waals surface area contributed by atoms with Crippen LogP contribution in [0, 0.1) is 11.7 Å². The van der Waals surface area contributed by atoms with E-state index >= 15 is 0 Å². The summed E-state index contributed by atoms with van der Waals surface area (Å²) in [5.41, 5.74) is 2.14. The van der Waals surface area contributed by atoms with Gasteiger partial charge in [0, 0.05) is 37.1 Å². The molecule has 1 aromatic carbocycles. The second-order valence-electron chi connectivity index (χ2n) is 8.45. The van der Waals surface area contributed by atoms with E-state index in [1.165, 1.54) is 12.1 Å². The van der Waals surface area contributed by atoms with Crippen LogP contribution in [0.5, 0.6) is 0 Å². The molecule has 1 spiro atoms. The maximum atomic E-state index is 13.7. The Morgan fingerprint density at radius 3 is 3.07 bits per heavy atom. The number of rotatable bonds is 4. The molecule has 0 aliphatic carbocycles. The summed E-state index contributed by atoms with van der Waals surface area (Å²) in [4.78, 5) is 17.2. The highest BCUT2D eigenvalue weighted by atomic mass is 19.1. The number of halogens is 1. The quantitative estimate of drug-likeness (QED) is 0.881. The number of nitrogens with zero attached hydrogens (tertiary/aromatic N) is 3. The lowest BCUT2D eigenvalue weighted by atomic mass is 10.0. The van der Waals surface area contributed by atoms with Crippen LogP contribution in [0.25, 0.3) is 11.3 Å². The van der Waals surface area contributed by atoms with Crippen molar-refractivity contribution in [3.8, 4) is 11.3 Å². The van der Waals surface area contributed by atoms with E-state index in [9.17, 15) is 9.18 Å². The molecule has 28 heavy (non-hydrogen) atoms. The Kier molecular flexibility index (Phi) is 4.07. The maximum absolute atomic E-state index is 13.7. The normalized spacial score (nSPS) is 29.7. The smallest absolute Gasteiger partial charge is 0.226 e. The fourth-order valence-electron chi connectivity index (χ4n) is 5.19. The zero-order valence-electron chi connectivity index (χ0n) is 16.2. The van der Waals surface area contributed by atoms with Crippen LogP contribution >= 0.6 is 0 Å². The van der Waals surface area contributed by atoms with Crippen molar-refractivity contribution in [3.05, 3.63) is 41.8 Å². The molecule has 1 amide bonds. The zero-order valence-corrected chi connectivity index (χ0v) is 16.2. The molecule has 3 saturated heterocycles. The Labute approximate surface area is 163 Å². The van der Waals surface area contributed by atoms with Crippen molar-refractivity contribution in [2.24, 2.45) is 5.92 Å². The van der Waals surface area contributed by atoms with Crippen LogP contribution in [0.2, 0.25) is 0 Å². The standard InChI is InChI=1S/C21H25FN4O2/c1-13(2)17-12-28-21-6-7-25(18(21)9-19(27)26(17)21)11-15-10-23-24-20(15)14-4-3-5-16(22)8-14/h3-5,8,10,13,17-18H,6-7,9,11-12H2,1-2H3,(H,23,24)/t17-,18+,21-/m0/s1. The summed E-state index contributed by atoms with van der Waals surface area (Å²) in [6, 6.07) is 6.74. The first-order chi connectivity index (χ1) is 13.5. The van der Waals surface area contributed by atoms with Crippen molar-refractivity contribution in [2.45, 2.75) is 51.0 Å². The van der Waals surface area contributed by atoms with E-state index in [2.05, 4.69) is 28.9 Å². The average Bonchev–Trinajstić information content (AvgIpc) is 3.39. The number of hydrogen-bond acceptors (Lipinski definition) is 4. The second kappa shape index (κ2) is 6.39. The largest absolute Gasteiger partial charge is 0.352 e. The number of carbonyl (C=O) groups is 1. The third kappa shape index (κ3) is 2.53. The number of hydrogen-bond donors (Lipinski definition) is 1. The van der Waals surface area contributed by atoms with Gasteiger partial charge in [0.1, 0.15) is 5.82 Å². The van der Waals surface area contributed by atoms with Crippen molar-refractivity contribution >= 4 is 5.91 Å². The highest BCUT2D eigenvalue weighted by Crippen LogP contribution is 2.49. The number of benzene rings is 1. The minimum atomic E-state index is -0.477. The Balaban J connectivity index is 1.41. The highest BCUT2D eigenvalue weighted by Gasteiger charge is 2.64. The van der Waals surface area contributed by atoms with Crippen molar-refractivity contribution in [1.29, 1.82) is 0 Å². The summed E-state index contributed by atoms with van der Waals surface area (Å²) in [5, 5.41) is 7.19. The number of ether oxygens (including phenoxy) is 1. The molecule has 1 aromatic heterocycles. The summed E-state index contributed by atoms with van der Waals surface area (Å²) in [5.74, 6) is 0.308. The van der Waals surface area contributed by atoms with Crippen LogP contribution in [-0.2, 0) is 16.1 Å². The van der Waals surface area contributed by atoms with Crippen molar-refractivity contribution < 1.29 is 13.9 Å². The summed E-state index contributed by atoms with van der Waals surface area (Å²) in [6.45, 7) is 6.45. The summed E-state index contributed by atoms with van der Waals surface area (Å²) in [6.07, 6.45) is 3.13. The van der Waals surface area contributed by atoms with E-state index < -0.39 is 5.72 Å². The predicted octanol–water partition coefficient (Wildman–Crippen LogP) is 2.77. The van der Waals surface area contributed by atoms with Gasteiger partial charge < -0.3 is 9.64 Å². The minimum absolute atomic E-state index is 0.0546. The van der Waals surface area contributed by atoms with E-state index in [1.54, 1.807) is 12.3 Å². The molecule has 7 heteroatoms. The van der Waals surface area contributed by atoms with Gasteiger partial charge >= 0.3 is 0 Å². The fourth-order valence-corrected chi connectivity index (χ4v) is 5.19. The van der Waals surface area contributed by atoms with Gasteiger partial charge in [-0.25, -0.2) is 4.39 Å². The van der Waals surface area contributed by atoms with E-state index in [4.69, 9.17) is 4.74 Å². The van der Waals surface area contributed by atoms with Gasteiger partial charge in [0.05, 0.1) is 30.6 Å². The van der Waals surface area contributed by atoms with Crippen LogP contribution < -0.4 is 0 Å². The molecular weight excluding hydrogens is 359 g/mol. The zero-order chi connectivity index (χ0) is 19.5. The van der Waals surface area contributed by atoms with Crippen molar-refractivity contribution in [3.63, 3.8) is 0 Å². The molecule has 0 bridgehead atoms. The van der Waals surface area contributed by atoms with Gasteiger partial charge in [-0.15, -0.1) is 0 Å². The molecule has 0 saturated carbocycles. The van der Waals surface area contributed by atoms with Crippen LogP contribution in [0.3, 0.4) is 0 Å². The molecule has 3 aliphatic rings. The monoisotopic (exact) mass is 384 g/mol. The second-order valence-corrected chi connectivity index (χ2v) is 8.45. The summed E-state index contributed by atoms with van der Waals surface area (Å²) >= 11 is 0. The van der Waals surface area contributed by atoms with Crippen molar-refractivity contribution in [2.75, 3.05) is 13.2 Å². The molecular formula is C21H25FN4O2. The molecule has 148 valence electrons. The third-order valence-electron chi connectivity index (χ3n) is 6.57. The number of likely N-dealkylation sites (tertiary alicyclic amines) is 1. The highest BCUT2D eigenvalue weighted by molar-refractivity contribution is 5.82. The molecule has 5 rings (SSSR count). The number of carbonyl (C=O) groups excluding carboxylic acids is 1. The van der Waals surface area contributed by atoms with Gasteiger partial charge in [-0.2, -0.15) is 5.10 Å². The molecule has 2 aromatic rings. The first kappa shape index (κ1) is 17.8. The van der Waals surface area contributed by atoms with E-state index in [-0.39, 0.29) is 23.8 Å². The van der Waals surface area contributed by atoms with Gasteiger partial charge in [-0.05, 0) is 18.1 Å². The third-order valence-corrected chi connectivity index (χ3v) is 6.57. The fraction of sp³-hybridized carbons (Fsp3) is 0.524. The van der Waals surface area contributed by atoms with E-state index in [0.717, 1.165) is 29.8 Å². The average molecular weight is 384 g/mol. The van der Waals surface area contributed by atoms with Gasteiger partial charge in [-0.3, -0.25) is 14.8 Å². The Bertz CT molecular complexity index is 913. The van der Waals surface area contributed by atoms with Crippen LogP contribution in [0.4, 0.5) is 4.39 Å². The summed E-state index contributed by atoms with van der Waals surface area (Å²) < 4.78 is 20.0. The minimum Gasteiger partial charge on any atom is -0.352 e. The van der Waals surface area contributed by atoms with Crippen LogP contribution in [0.15, 0.2) is 30.5 Å². The molecule has 3 atom stereocenters. The predicted molar refractivity (Wildman–Crippen MR) is 102 cm³/mol. The number of aromatic nitrogens is 2. The molecule has 0 radical (unpaired) electrons. The molecule has 3 aliphatic heterocycles. The number of amides is 1. The Morgan fingerprint density at radius 2 is 2.29 bits per heavy atom. The van der Waals surface area contributed by atoms with Crippen molar-refractivity contribution in [1.82, 2.24) is 20.0 Å². The van der Waals surface area contributed by atoms with E-state index in [0.29, 0.717) is 25.5 Å². The Morgan fingerprint density at radius 1 is 1.43 bits per heavy atom. The molecule has 1 N–H and O–H groups in total. The first-order valence-electron chi connectivity index (χ1n) is 9.98. The van der Waals surface area contributed by atoms with Gasteiger partial charge in [0.25, 0.3) is 0 Å². The van der Waals surface area contributed by atoms with E-state index in [1.807, 2.05) is 11.0 Å². The van der Waals surface area contributed by atoms with Gasteiger partial charge in [0.2, 0.25) is 5.91 Å². The number of aromatic amines is 1. The van der Waals surface area contributed by atoms with Gasteiger partial charge in [-0.1, -0.05) is 26.0 Å². The lowest BCUT2D eigenvalue weighted by Crippen LogP contribution is -2.50. The number of nitrogens with one attached hydrogen (secondary N) is 1. The topological polar surface area (TPSA) is 61.5 Å². The molecule has 0 unspecified atom stereocenters. The lowest BCUT2D eigenvalue weighted by molar-refractivity contribution is -0.139. The molecule has 6 nitrogen and oxygen atoms in total. The van der Waals surface area contributed by atoms with Crippen LogP contribution in [0.1, 0.15) is 32.3 Å². The Hall–Kier alpha value is -2.25. The SMILES string of the molecule is CC(C)[C@@H]1CO[C@@]23CCN(Cc4cn[nH]c4-c4cccc(F)c4)[C@@H]2CC(=O)N13. The molecule has 4 heterocycles. The summed E-state index contributed by atoms with van der Waals surface area (Å²) in [7, 11) is 0. The number of H-pyrrole nitrogens is 1. The molecule has 3 fully saturated rings. The first-order valence-corrected chi connectivity index (χ1v) is 9.98. The van der Waals surface area contributed by atoms with Gasteiger partial charge in [0.15, 0.2) is 5.72 Å². The lowest BCUT2D eigenvalue weighted by Gasteiger charge is -2.34.